The van der Waals surface area contributed by atoms with Crippen LogP contribution in [-0.2, 0) is 9.84 Å². The van der Waals surface area contributed by atoms with Gasteiger partial charge in [0.05, 0.1) is 11.5 Å². The monoisotopic (exact) mass is 219 g/mol. The van der Waals surface area contributed by atoms with Crippen LogP contribution in [0.15, 0.2) is 0 Å². The fourth-order valence-corrected chi connectivity index (χ4v) is 4.46. The Morgan fingerprint density at radius 3 is 2.21 bits per heavy atom. The van der Waals surface area contributed by atoms with Crippen LogP contribution in [0.5, 0.6) is 0 Å². The molecule has 0 spiro atoms. The van der Waals surface area contributed by atoms with E-state index in [1.807, 2.05) is 0 Å². The SMILES string of the molecule is CC(C)(N)CS(=O)(=O)CC1CCCC1. The molecule has 0 amide bonds. The van der Waals surface area contributed by atoms with Gasteiger partial charge in [0.1, 0.15) is 0 Å². The minimum Gasteiger partial charge on any atom is -0.325 e. The summed E-state index contributed by atoms with van der Waals surface area (Å²) in [5.74, 6) is 0.840. The van der Waals surface area contributed by atoms with E-state index in [-0.39, 0.29) is 5.75 Å². The molecule has 0 aromatic rings. The van der Waals surface area contributed by atoms with Gasteiger partial charge < -0.3 is 5.73 Å². The van der Waals surface area contributed by atoms with Crippen LogP contribution in [-0.4, -0.2) is 25.5 Å². The van der Waals surface area contributed by atoms with E-state index in [0.717, 1.165) is 12.8 Å². The highest BCUT2D eigenvalue weighted by molar-refractivity contribution is 7.91. The van der Waals surface area contributed by atoms with Gasteiger partial charge in [0.25, 0.3) is 0 Å². The van der Waals surface area contributed by atoms with Crippen LogP contribution in [0.25, 0.3) is 0 Å². The summed E-state index contributed by atoms with van der Waals surface area (Å²) in [5.41, 5.74) is 5.12. The minimum atomic E-state index is -2.95. The number of hydrogen-bond acceptors (Lipinski definition) is 3. The van der Waals surface area contributed by atoms with Gasteiger partial charge in [-0.15, -0.1) is 0 Å². The molecule has 0 heterocycles. The average Bonchev–Trinajstić information content (AvgIpc) is 2.31. The van der Waals surface area contributed by atoms with Crippen molar-refractivity contribution in [1.82, 2.24) is 0 Å². The van der Waals surface area contributed by atoms with Crippen molar-refractivity contribution < 1.29 is 8.42 Å². The van der Waals surface area contributed by atoms with Gasteiger partial charge in [-0.1, -0.05) is 12.8 Å². The molecule has 1 aliphatic carbocycles. The maximum absolute atomic E-state index is 11.7. The van der Waals surface area contributed by atoms with Gasteiger partial charge in [0.2, 0.25) is 0 Å². The molecule has 14 heavy (non-hydrogen) atoms. The van der Waals surface area contributed by atoms with Crippen molar-refractivity contribution in [3.8, 4) is 0 Å². The first-order valence-corrected chi connectivity index (χ1v) is 7.10. The van der Waals surface area contributed by atoms with Gasteiger partial charge in [-0.3, -0.25) is 0 Å². The molecule has 0 atom stereocenters. The van der Waals surface area contributed by atoms with E-state index in [1.165, 1.54) is 12.8 Å². The number of sulfone groups is 1. The summed E-state index contributed by atoms with van der Waals surface area (Å²) in [7, 11) is -2.95. The molecule has 0 aliphatic heterocycles. The minimum absolute atomic E-state index is 0.108. The molecule has 1 aliphatic rings. The van der Waals surface area contributed by atoms with Crippen molar-refractivity contribution in [2.24, 2.45) is 11.7 Å². The lowest BCUT2D eigenvalue weighted by Gasteiger charge is -2.19. The zero-order valence-electron chi connectivity index (χ0n) is 9.12. The maximum atomic E-state index is 11.7. The highest BCUT2D eigenvalue weighted by atomic mass is 32.2. The molecule has 3 nitrogen and oxygen atoms in total. The van der Waals surface area contributed by atoms with E-state index in [9.17, 15) is 8.42 Å². The molecule has 1 fully saturated rings. The number of nitrogens with two attached hydrogens (primary N) is 1. The fraction of sp³-hybridized carbons (Fsp3) is 1.00. The first-order valence-electron chi connectivity index (χ1n) is 5.28. The van der Waals surface area contributed by atoms with Crippen LogP contribution in [0.2, 0.25) is 0 Å². The highest BCUT2D eigenvalue weighted by Gasteiger charge is 2.26. The predicted molar refractivity (Wildman–Crippen MR) is 58.9 cm³/mol. The molecule has 0 bridgehead atoms. The van der Waals surface area contributed by atoms with Crippen molar-refractivity contribution in [3.63, 3.8) is 0 Å². The Kier molecular flexibility index (Phi) is 3.58. The summed E-state index contributed by atoms with van der Waals surface area (Å²) >= 11 is 0. The molecule has 2 N–H and O–H groups in total. The second-order valence-corrected chi connectivity index (χ2v) is 7.30. The lowest BCUT2D eigenvalue weighted by molar-refractivity contribution is 0.527. The summed E-state index contributed by atoms with van der Waals surface area (Å²) in [6.07, 6.45) is 4.52. The molecule has 1 rings (SSSR count). The topological polar surface area (TPSA) is 60.2 Å². The summed E-state index contributed by atoms with van der Waals surface area (Å²) in [6.45, 7) is 3.53. The molecule has 0 radical (unpaired) electrons. The third-order valence-corrected chi connectivity index (χ3v) is 4.72. The van der Waals surface area contributed by atoms with E-state index in [2.05, 4.69) is 0 Å². The van der Waals surface area contributed by atoms with Crippen LogP contribution < -0.4 is 5.73 Å². The Balaban J connectivity index is 2.49. The van der Waals surface area contributed by atoms with Crippen LogP contribution in [0.3, 0.4) is 0 Å². The molecule has 0 saturated heterocycles. The first kappa shape index (κ1) is 12.0. The highest BCUT2D eigenvalue weighted by Crippen LogP contribution is 2.26. The van der Waals surface area contributed by atoms with Gasteiger partial charge >= 0.3 is 0 Å². The van der Waals surface area contributed by atoms with Crippen LogP contribution in [0.1, 0.15) is 39.5 Å². The van der Waals surface area contributed by atoms with Crippen LogP contribution in [0.4, 0.5) is 0 Å². The van der Waals surface area contributed by atoms with E-state index in [0.29, 0.717) is 11.7 Å². The summed E-state index contributed by atoms with van der Waals surface area (Å²) in [4.78, 5) is 0. The second-order valence-electron chi connectivity index (χ2n) is 5.19. The predicted octanol–water partition coefficient (Wildman–Crippen LogP) is 1.33. The lowest BCUT2D eigenvalue weighted by atomic mass is 10.1. The van der Waals surface area contributed by atoms with Crippen LogP contribution >= 0.6 is 0 Å². The number of rotatable bonds is 4. The third-order valence-electron chi connectivity index (χ3n) is 2.56. The zero-order chi connectivity index (χ0) is 10.8. The normalized spacial score (nSPS) is 20.2. The van der Waals surface area contributed by atoms with E-state index < -0.39 is 15.4 Å². The molecule has 0 aromatic carbocycles. The van der Waals surface area contributed by atoms with Crippen molar-refractivity contribution in [3.05, 3.63) is 0 Å². The van der Waals surface area contributed by atoms with E-state index in [4.69, 9.17) is 5.73 Å². The fourth-order valence-electron chi connectivity index (χ4n) is 2.16. The van der Waals surface area contributed by atoms with E-state index in [1.54, 1.807) is 13.8 Å². The third kappa shape index (κ3) is 4.42. The molecular formula is C10H21NO2S. The summed E-state index contributed by atoms with van der Waals surface area (Å²) in [5, 5.41) is 0. The van der Waals surface area contributed by atoms with Crippen molar-refractivity contribution in [1.29, 1.82) is 0 Å². The lowest BCUT2D eigenvalue weighted by Crippen LogP contribution is -2.41. The maximum Gasteiger partial charge on any atom is 0.152 e. The summed E-state index contributed by atoms with van der Waals surface area (Å²) < 4.78 is 23.4. The Hall–Kier alpha value is -0.0900. The molecule has 0 aromatic heterocycles. The van der Waals surface area contributed by atoms with Crippen molar-refractivity contribution in [2.75, 3.05) is 11.5 Å². The Morgan fingerprint density at radius 1 is 1.29 bits per heavy atom. The van der Waals surface area contributed by atoms with Crippen LogP contribution in [0, 0.1) is 5.92 Å². The average molecular weight is 219 g/mol. The molecular weight excluding hydrogens is 198 g/mol. The van der Waals surface area contributed by atoms with Gasteiger partial charge in [-0.25, -0.2) is 8.42 Å². The standard InChI is InChI=1S/C10H21NO2S/c1-10(2,11)8-14(12,13)7-9-5-3-4-6-9/h9H,3-8,11H2,1-2H3. The van der Waals surface area contributed by atoms with Crippen molar-refractivity contribution >= 4 is 9.84 Å². The Morgan fingerprint density at radius 2 is 1.79 bits per heavy atom. The van der Waals surface area contributed by atoms with Gasteiger partial charge in [0.15, 0.2) is 9.84 Å². The Bertz CT molecular complexity index is 271. The molecule has 84 valence electrons. The van der Waals surface area contributed by atoms with E-state index >= 15 is 0 Å². The number of hydrogen-bond donors (Lipinski definition) is 1. The summed E-state index contributed by atoms with van der Waals surface area (Å²) in [6, 6.07) is 0. The smallest absolute Gasteiger partial charge is 0.152 e. The van der Waals surface area contributed by atoms with Gasteiger partial charge in [0, 0.05) is 5.54 Å². The molecule has 1 saturated carbocycles. The molecule has 0 unspecified atom stereocenters. The second kappa shape index (κ2) is 4.19. The van der Waals surface area contributed by atoms with Gasteiger partial charge in [-0.2, -0.15) is 0 Å². The first-order chi connectivity index (χ1) is 6.29. The van der Waals surface area contributed by atoms with Crippen molar-refractivity contribution in [2.45, 2.75) is 45.1 Å². The Labute approximate surface area is 87.0 Å². The molecule has 4 heteroatoms. The quantitative estimate of drug-likeness (QED) is 0.776. The largest absolute Gasteiger partial charge is 0.325 e. The zero-order valence-corrected chi connectivity index (χ0v) is 9.94. The van der Waals surface area contributed by atoms with Gasteiger partial charge in [-0.05, 0) is 32.6 Å².